The van der Waals surface area contributed by atoms with E-state index in [-0.39, 0.29) is 30.8 Å². The maximum Gasteiger partial charge on any atom is 0.247 e. The maximum atomic E-state index is 13.6. The van der Waals surface area contributed by atoms with E-state index < -0.39 is 21.5 Å². The molecule has 0 spiro atoms. The molecule has 0 bridgehead atoms. The van der Waals surface area contributed by atoms with Crippen molar-refractivity contribution in [2.45, 2.75) is 70.9 Å². The SMILES string of the molecule is CCCS(=O)(=O)N1CC(=O)N(c2ccc(Cl)cc2C)C(C)(C(=O)NC2CCCCC2)C1. The van der Waals surface area contributed by atoms with Crippen LogP contribution in [0.25, 0.3) is 0 Å². The predicted molar refractivity (Wildman–Crippen MR) is 123 cm³/mol. The van der Waals surface area contributed by atoms with Gasteiger partial charge in [0.1, 0.15) is 5.54 Å². The number of aryl methyl sites for hydroxylation is 1. The van der Waals surface area contributed by atoms with E-state index in [4.69, 9.17) is 11.6 Å². The largest absolute Gasteiger partial charge is 0.351 e. The lowest BCUT2D eigenvalue weighted by molar-refractivity contribution is -0.133. The van der Waals surface area contributed by atoms with Crippen molar-refractivity contribution in [2.75, 3.05) is 23.7 Å². The van der Waals surface area contributed by atoms with Gasteiger partial charge in [0.15, 0.2) is 0 Å². The van der Waals surface area contributed by atoms with Crippen molar-refractivity contribution in [1.82, 2.24) is 9.62 Å². The summed E-state index contributed by atoms with van der Waals surface area (Å²) in [4.78, 5) is 28.4. The molecule has 1 atom stereocenters. The van der Waals surface area contributed by atoms with Crippen molar-refractivity contribution >= 4 is 39.1 Å². The van der Waals surface area contributed by atoms with E-state index in [1.165, 1.54) is 9.21 Å². The van der Waals surface area contributed by atoms with Gasteiger partial charge < -0.3 is 5.32 Å². The summed E-state index contributed by atoms with van der Waals surface area (Å²) >= 11 is 6.10. The van der Waals surface area contributed by atoms with Crippen LogP contribution in [0.15, 0.2) is 18.2 Å². The van der Waals surface area contributed by atoms with E-state index in [2.05, 4.69) is 5.32 Å². The second-order valence-corrected chi connectivity index (χ2v) is 11.4. The van der Waals surface area contributed by atoms with E-state index >= 15 is 0 Å². The van der Waals surface area contributed by atoms with Crippen molar-refractivity contribution < 1.29 is 18.0 Å². The Balaban J connectivity index is 2.01. The Kier molecular flexibility index (Phi) is 7.33. The van der Waals surface area contributed by atoms with Crippen LogP contribution >= 0.6 is 11.6 Å². The van der Waals surface area contributed by atoms with Crippen LogP contribution in [0.5, 0.6) is 0 Å². The Hall–Kier alpha value is -1.64. The van der Waals surface area contributed by atoms with Crippen LogP contribution in [0.3, 0.4) is 0 Å². The van der Waals surface area contributed by atoms with Crippen molar-refractivity contribution in [3.63, 3.8) is 0 Å². The Morgan fingerprint density at radius 2 is 1.94 bits per heavy atom. The van der Waals surface area contributed by atoms with Gasteiger partial charge in [0, 0.05) is 23.3 Å². The molecular weight excluding hydrogens is 438 g/mol. The lowest BCUT2D eigenvalue weighted by Crippen LogP contribution is -2.71. The molecule has 1 saturated heterocycles. The number of sulfonamides is 1. The van der Waals surface area contributed by atoms with Crippen LogP contribution in [0.2, 0.25) is 5.02 Å². The lowest BCUT2D eigenvalue weighted by Gasteiger charge is -2.47. The van der Waals surface area contributed by atoms with Gasteiger partial charge in [-0.05, 0) is 56.9 Å². The van der Waals surface area contributed by atoms with Gasteiger partial charge >= 0.3 is 0 Å². The van der Waals surface area contributed by atoms with Gasteiger partial charge in [-0.25, -0.2) is 8.42 Å². The average molecular weight is 470 g/mol. The number of hydrogen-bond donors (Lipinski definition) is 1. The first-order valence-corrected chi connectivity index (χ1v) is 12.9. The molecule has 1 saturated carbocycles. The Morgan fingerprint density at radius 3 is 2.55 bits per heavy atom. The smallest absolute Gasteiger partial charge is 0.247 e. The molecule has 7 nitrogen and oxygen atoms in total. The third-order valence-electron chi connectivity index (χ3n) is 6.22. The second-order valence-electron chi connectivity index (χ2n) is 8.83. The van der Waals surface area contributed by atoms with Crippen LogP contribution in [0, 0.1) is 6.92 Å². The number of nitrogens with zero attached hydrogens (tertiary/aromatic N) is 2. The number of piperazine rings is 1. The first-order chi connectivity index (χ1) is 14.6. The molecule has 0 radical (unpaired) electrons. The Bertz CT molecular complexity index is 946. The van der Waals surface area contributed by atoms with Crippen LogP contribution in [0.1, 0.15) is 57.9 Å². The zero-order valence-corrected chi connectivity index (χ0v) is 20.1. The molecule has 172 valence electrons. The molecule has 1 aliphatic heterocycles. The quantitative estimate of drug-likeness (QED) is 0.692. The number of anilines is 1. The summed E-state index contributed by atoms with van der Waals surface area (Å²) in [6.07, 6.45) is 5.50. The van der Waals surface area contributed by atoms with Gasteiger partial charge in [0.05, 0.1) is 12.3 Å². The van der Waals surface area contributed by atoms with Crippen LogP contribution < -0.4 is 10.2 Å². The van der Waals surface area contributed by atoms with Crippen molar-refractivity contribution in [1.29, 1.82) is 0 Å². The minimum atomic E-state index is -3.64. The van der Waals surface area contributed by atoms with Gasteiger partial charge in [0.2, 0.25) is 21.8 Å². The molecule has 31 heavy (non-hydrogen) atoms. The Labute approximate surface area is 190 Å². The van der Waals surface area contributed by atoms with Crippen molar-refractivity contribution in [3.05, 3.63) is 28.8 Å². The fraction of sp³-hybridized carbons (Fsp3) is 0.636. The van der Waals surface area contributed by atoms with Gasteiger partial charge in [-0.1, -0.05) is 37.8 Å². The summed E-state index contributed by atoms with van der Waals surface area (Å²) in [5.74, 6) is -0.795. The molecule has 2 fully saturated rings. The van der Waals surface area contributed by atoms with Gasteiger partial charge in [-0.15, -0.1) is 0 Å². The van der Waals surface area contributed by atoms with E-state index in [0.29, 0.717) is 17.1 Å². The summed E-state index contributed by atoms with van der Waals surface area (Å²) < 4.78 is 26.8. The minimum Gasteiger partial charge on any atom is -0.351 e. The standard InChI is InChI=1S/C22H32ClN3O4S/c1-4-12-31(29,30)25-14-20(27)26(19-11-10-17(23)13-16(19)2)22(3,15-25)21(28)24-18-8-6-5-7-9-18/h10-11,13,18H,4-9,12,14-15H2,1-3H3,(H,24,28). The summed E-state index contributed by atoms with van der Waals surface area (Å²) in [5.41, 5.74) is -0.0442. The number of carbonyl (C=O) groups excluding carboxylic acids is 2. The van der Waals surface area contributed by atoms with Crippen LogP contribution in [0.4, 0.5) is 5.69 Å². The summed E-state index contributed by atoms with van der Waals surface area (Å²) in [6.45, 7) is 4.90. The highest BCUT2D eigenvalue weighted by molar-refractivity contribution is 7.89. The number of amides is 2. The Morgan fingerprint density at radius 1 is 1.26 bits per heavy atom. The number of nitrogens with one attached hydrogen (secondary N) is 1. The normalized spacial score (nSPS) is 23.7. The second kappa shape index (κ2) is 9.46. The van der Waals surface area contributed by atoms with E-state index in [0.717, 1.165) is 37.7 Å². The molecule has 1 aromatic rings. The number of hydrogen-bond acceptors (Lipinski definition) is 4. The third kappa shape index (κ3) is 5.07. The average Bonchev–Trinajstić information content (AvgIpc) is 2.69. The number of carbonyl (C=O) groups is 2. The zero-order chi connectivity index (χ0) is 22.8. The third-order valence-corrected chi connectivity index (χ3v) is 8.43. The molecule has 3 rings (SSSR count). The number of halogens is 1. The summed E-state index contributed by atoms with van der Waals surface area (Å²) in [7, 11) is -3.64. The molecule has 1 heterocycles. The van der Waals surface area contributed by atoms with E-state index in [9.17, 15) is 18.0 Å². The van der Waals surface area contributed by atoms with Crippen molar-refractivity contribution in [3.8, 4) is 0 Å². The summed E-state index contributed by atoms with van der Waals surface area (Å²) in [6, 6.07) is 5.18. The van der Waals surface area contributed by atoms with Crippen molar-refractivity contribution in [2.24, 2.45) is 0 Å². The molecule has 1 aromatic carbocycles. The highest BCUT2D eigenvalue weighted by atomic mass is 35.5. The van der Waals surface area contributed by atoms with Crippen LogP contribution in [-0.4, -0.2) is 55.0 Å². The predicted octanol–water partition coefficient (Wildman–Crippen LogP) is 3.24. The van der Waals surface area contributed by atoms with Gasteiger partial charge in [-0.2, -0.15) is 4.31 Å². The maximum absolute atomic E-state index is 13.6. The molecule has 1 unspecified atom stereocenters. The first-order valence-electron chi connectivity index (χ1n) is 11.0. The molecule has 1 N–H and O–H groups in total. The highest BCUT2D eigenvalue weighted by Gasteiger charge is 2.51. The summed E-state index contributed by atoms with van der Waals surface area (Å²) in [5, 5.41) is 3.64. The highest BCUT2D eigenvalue weighted by Crippen LogP contribution is 2.34. The topological polar surface area (TPSA) is 86.8 Å². The van der Waals surface area contributed by atoms with Gasteiger partial charge in [-0.3, -0.25) is 14.5 Å². The molecular formula is C22H32ClN3O4S. The molecule has 9 heteroatoms. The fourth-order valence-electron chi connectivity index (χ4n) is 4.58. The van der Waals surface area contributed by atoms with E-state index in [1.54, 1.807) is 32.0 Å². The van der Waals surface area contributed by atoms with E-state index in [1.807, 2.05) is 6.92 Å². The van der Waals surface area contributed by atoms with Gasteiger partial charge in [0.25, 0.3) is 0 Å². The monoisotopic (exact) mass is 469 g/mol. The molecule has 2 amide bonds. The molecule has 1 aliphatic carbocycles. The fourth-order valence-corrected chi connectivity index (χ4v) is 6.34. The molecule has 2 aliphatic rings. The number of benzene rings is 1. The first kappa shape index (κ1) is 24.0. The zero-order valence-electron chi connectivity index (χ0n) is 18.5. The minimum absolute atomic E-state index is 0.0453. The number of rotatable bonds is 6. The lowest BCUT2D eigenvalue weighted by atomic mass is 9.91. The van der Waals surface area contributed by atoms with Crippen LogP contribution in [-0.2, 0) is 19.6 Å². The molecule has 0 aromatic heterocycles.